The van der Waals surface area contributed by atoms with Gasteiger partial charge in [-0.15, -0.1) is 0 Å². The van der Waals surface area contributed by atoms with Crippen LogP contribution in [0.25, 0.3) is 10.9 Å². The van der Waals surface area contributed by atoms with Crippen molar-refractivity contribution in [1.82, 2.24) is 19.9 Å². The van der Waals surface area contributed by atoms with E-state index in [2.05, 4.69) is 37.4 Å². The molecule has 0 radical (unpaired) electrons. The van der Waals surface area contributed by atoms with Gasteiger partial charge in [-0.25, -0.2) is 24.1 Å². The lowest BCUT2D eigenvalue weighted by Gasteiger charge is -2.47. The van der Waals surface area contributed by atoms with E-state index in [9.17, 15) is 9.18 Å². The van der Waals surface area contributed by atoms with Gasteiger partial charge >= 0.3 is 6.09 Å². The van der Waals surface area contributed by atoms with E-state index < -0.39 is 11.9 Å². The topological polar surface area (TPSA) is 91.7 Å². The van der Waals surface area contributed by atoms with Crippen LogP contribution in [0.15, 0.2) is 21.9 Å². The van der Waals surface area contributed by atoms with E-state index in [0.717, 1.165) is 12.0 Å². The van der Waals surface area contributed by atoms with Crippen molar-refractivity contribution in [3.8, 4) is 0 Å². The summed E-state index contributed by atoms with van der Waals surface area (Å²) in [5, 5.41) is 9.52. The second-order valence-electron chi connectivity index (χ2n) is 7.50. The molecular weight excluding hydrogens is 513 g/mol. The molecule has 0 saturated carbocycles. The van der Waals surface area contributed by atoms with E-state index in [4.69, 9.17) is 21.8 Å². The lowest BCUT2D eigenvalue weighted by Crippen LogP contribution is -2.62. The van der Waals surface area contributed by atoms with Gasteiger partial charge in [-0.3, -0.25) is 9.79 Å². The van der Waals surface area contributed by atoms with Gasteiger partial charge < -0.3 is 4.90 Å². The maximum atomic E-state index is 14.9. The van der Waals surface area contributed by atoms with Crippen LogP contribution in [0.1, 0.15) is 26.7 Å². The number of piperazine rings is 1. The Morgan fingerprint density at radius 1 is 1.42 bits per heavy atom. The summed E-state index contributed by atoms with van der Waals surface area (Å²) in [6.07, 6.45) is 0.667. The van der Waals surface area contributed by atoms with Crippen molar-refractivity contribution in [3.05, 3.63) is 27.7 Å². The van der Waals surface area contributed by atoms with Gasteiger partial charge in [0.15, 0.2) is 16.1 Å². The summed E-state index contributed by atoms with van der Waals surface area (Å²) in [5.74, 6) is 0.495. The molecule has 4 rings (SSSR count). The van der Waals surface area contributed by atoms with Gasteiger partial charge in [0.05, 0.1) is 23.5 Å². The third kappa shape index (κ3) is 3.75. The Kier molecular flexibility index (Phi) is 6.30. The van der Waals surface area contributed by atoms with Gasteiger partial charge in [-0.2, -0.15) is 5.26 Å². The van der Waals surface area contributed by atoms with Crippen LogP contribution in [-0.4, -0.2) is 61.6 Å². The smallest absolute Gasteiger partial charge is 0.345 e. The number of aromatic nitrogens is 3. The number of rotatable bonds is 4. The summed E-state index contributed by atoms with van der Waals surface area (Å²) in [6, 6.07) is -0.787. The minimum absolute atomic E-state index is 0.0813. The molecule has 2 aliphatic rings. The monoisotopic (exact) mass is 531 g/mol. The van der Waals surface area contributed by atoms with Crippen LogP contribution in [0, 0.1) is 5.82 Å². The fraction of sp³-hybridized carbons (Fsp3) is 0.474. The number of pyridine rings is 1. The highest BCUT2D eigenvalue weighted by molar-refractivity contribution is 9.10. The Bertz CT molecular complexity index is 1080. The Balaban J connectivity index is 1.92. The number of carbonyl (C=O) groups excluding carboxylic acids is 1. The number of nitrogens with zero attached hydrogens (tertiary/aromatic N) is 5. The number of hydrogen-bond acceptors (Lipinski definition) is 8. The van der Waals surface area contributed by atoms with Crippen LogP contribution in [0.4, 0.5) is 15.0 Å². The SMILES string of the molecule is C=C(C)[C@H]1[C@@H]2CC[C@H](CN1c1nc(SCC)nc3c(F)c(Cl)nc(Br)c13)N2C(=O)OO. The number of anilines is 1. The minimum Gasteiger partial charge on any atom is -0.345 e. The standard InChI is InChI=1S/C19H20BrClFN5O3S/c1-4-31-18-23-13-11(15(20)24-16(21)12(13)22)17(25-18)26-7-9-5-6-10(14(26)8(2)3)27(9)19(28)30-29/h9-10,14,29H,2,4-7H2,1,3H3/t9-,10+,14+/m1/s1. The lowest BCUT2D eigenvalue weighted by atomic mass is 9.96. The summed E-state index contributed by atoms with van der Waals surface area (Å²) in [5.41, 5.74) is 0.883. The molecule has 1 N–H and O–H groups in total. The molecule has 12 heteroatoms. The first-order valence-electron chi connectivity index (χ1n) is 9.69. The van der Waals surface area contributed by atoms with Gasteiger partial charge in [0.2, 0.25) is 0 Å². The fourth-order valence-electron chi connectivity index (χ4n) is 4.56. The molecule has 2 fully saturated rings. The van der Waals surface area contributed by atoms with Crippen LogP contribution in [0.5, 0.6) is 0 Å². The van der Waals surface area contributed by atoms with Crippen LogP contribution in [-0.2, 0) is 4.89 Å². The third-order valence-corrected chi connectivity index (χ3v) is 7.21. The number of halogens is 3. The highest BCUT2D eigenvalue weighted by atomic mass is 79.9. The first-order valence-corrected chi connectivity index (χ1v) is 11.8. The lowest BCUT2D eigenvalue weighted by molar-refractivity contribution is -0.191. The molecule has 166 valence electrons. The van der Waals surface area contributed by atoms with Crippen molar-refractivity contribution in [2.24, 2.45) is 0 Å². The fourth-order valence-corrected chi connectivity index (χ4v) is 5.95. The Hall–Kier alpha value is -1.69. The Morgan fingerprint density at radius 3 is 2.81 bits per heavy atom. The van der Waals surface area contributed by atoms with Crippen molar-refractivity contribution in [3.63, 3.8) is 0 Å². The van der Waals surface area contributed by atoms with Crippen LogP contribution in [0.2, 0.25) is 5.15 Å². The summed E-state index contributed by atoms with van der Waals surface area (Å²) >= 11 is 10.8. The quantitative estimate of drug-likeness (QED) is 0.148. The van der Waals surface area contributed by atoms with Crippen molar-refractivity contribution >= 4 is 62.1 Å². The predicted molar refractivity (Wildman–Crippen MR) is 120 cm³/mol. The zero-order chi connectivity index (χ0) is 22.4. The minimum atomic E-state index is -0.783. The van der Waals surface area contributed by atoms with E-state index in [1.54, 1.807) is 4.90 Å². The largest absolute Gasteiger partial charge is 0.441 e. The van der Waals surface area contributed by atoms with E-state index in [1.165, 1.54) is 11.8 Å². The van der Waals surface area contributed by atoms with Crippen molar-refractivity contribution in [2.75, 3.05) is 17.2 Å². The molecule has 2 aromatic rings. The zero-order valence-corrected chi connectivity index (χ0v) is 20.0. The molecule has 3 atom stereocenters. The van der Waals surface area contributed by atoms with Crippen molar-refractivity contribution in [2.45, 2.75) is 50.0 Å². The molecule has 1 amide bonds. The summed E-state index contributed by atoms with van der Waals surface area (Å²) in [6.45, 7) is 8.36. The first-order chi connectivity index (χ1) is 14.8. The maximum Gasteiger partial charge on any atom is 0.441 e. The summed E-state index contributed by atoms with van der Waals surface area (Å²) < 4.78 is 15.3. The van der Waals surface area contributed by atoms with E-state index >= 15 is 0 Å². The molecule has 8 nitrogen and oxygen atoms in total. The van der Waals surface area contributed by atoms with Crippen LogP contribution >= 0.6 is 39.3 Å². The average molecular weight is 533 g/mol. The van der Waals surface area contributed by atoms with E-state index in [1.807, 2.05) is 18.7 Å². The van der Waals surface area contributed by atoms with Crippen LogP contribution in [0.3, 0.4) is 0 Å². The molecule has 0 aromatic carbocycles. The van der Waals surface area contributed by atoms with E-state index in [-0.39, 0.29) is 28.8 Å². The third-order valence-electron chi connectivity index (χ3n) is 5.65. The highest BCUT2D eigenvalue weighted by Crippen LogP contribution is 2.43. The number of carbonyl (C=O) groups is 1. The molecule has 0 aliphatic carbocycles. The number of thioether (sulfide) groups is 1. The molecule has 2 aliphatic heterocycles. The number of amides is 1. The molecule has 4 heterocycles. The molecule has 0 unspecified atom stereocenters. The normalized spacial score (nSPS) is 22.8. The molecule has 2 aromatic heterocycles. The first kappa shape index (κ1) is 22.5. The second-order valence-corrected chi connectivity index (χ2v) is 9.84. The van der Waals surface area contributed by atoms with Gasteiger partial charge in [0.25, 0.3) is 0 Å². The number of fused-ring (bicyclic) bond motifs is 3. The predicted octanol–water partition coefficient (Wildman–Crippen LogP) is 4.90. The molecule has 0 spiro atoms. The van der Waals surface area contributed by atoms with Gasteiger partial charge in [0.1, 0.15) is 15.9 Å². The van der Waals surface area contributed by atoms with E-state index in [0.29, 0.717) is 39.7 Å². The number of hydrogen-bond donors (Lipinski definition) is 1. The summed E-state index contributed by atoms with van der Waals surface area (Å²) in [7, 11) is 0. The van der Waals surface area contributed by atoms with Gasteiger partial charge in [-0.1, -0.05) is 42.4 Å². The molecule has 2 bridgehead atoms. The summed E-state index contributed by atoms with van der Waals surface area (Å²) in [4.78, 5) is 33.0. The average Bonchev–Trinajstić information content (AvgIpc) is 3.03. The molecule has 2 saturated heterocycles. The van der Waals surface area contributed by atoms with Crippen molar-refractivity contribution in [1.29, 1.82) is 0 Å². The second kappa shape index (κ2) is 8.68. The Morgan fingerprint density at radius 2 is 2.16 bits per heavy atom. The highest BCUT2D eigenvalue weighted by Gasteiger charge is 2.50. The zero-order valence-electron chi connectivity index (χ0n) is 16.8. The van der Waals surface area contributed by atoms with Crippen molar-refractivity contribution < 1.29 is 19.3 Å². The van der Waals surface area contributed by atoms with Gasteiger partial charge in [-0.05, 0) is 41.4 Å². The Labute approximate surface area is 195 Å². The maximum absolute atomic E-state index is 14.9. The molecule has 31 heavy (non-hydrogen) atoms. The van der Waals surface area contributed by atoms with Crippen LogP contribution < -0.4 is 4.90 Å². The molecular formula is C19H20BrClFN5O3S. The van der Waals surface area contributed by atoms with Gasteiger partial charge in [0, 0.05) is 6.54 Å².